The number of hydrogen-bond acceptors (Lipinski definition) is 2. The van der Waals surface area contributed by atoms with Crippen LogP contribution in [0.15, 0.2) is 0 Å². The van der Waals surface area contributed by atoms with Gasteiger partial charge in [-0.25, -0.2) is 0 Å². The van der Waals surface area contributed by atoms with Crippen LogP contribution in [-0.4, -0.2) is 21.9 Å². The summed E-state index contributed by atoms with van der Waals surface area (Å²) < 4.78 is 0. The fraction of sp³-hybridized carbons (Fsp3) is 1.00. The van der Waals surface area contributed by atoms with Crippen molar-refractivity contribution in [3.05, 3.63) is 0 Å². The minimum atomic E-state index is -0.455. The molecule has 0 aliphatic heterocycles. The van der Waals surface area contributed by atoms with E-state index in [4.69, 9.17) is 0 Å². The molecule has 4 aliphatic carbocycles. The van der Waals surface area contributed by atoms with Gasteiger partial charge in [-0.2, -0.15) is 0 Å². The Hall–Kier alpha value is -0.0800. The van der Waals surface area contributed by atoms with E-state index in [2.05, 4.69) is 6.92 Å². The molecule has 4 fully saturated rings. The molecule has 2 heteroatoms. The number of aliphatic hydroxyl groups is 2. The van der Waals surface area contributed by atoms with Gasteiger partial charge in [-0.3, -0.25) is 0 Å². The standard InChI is InChI=1S/C17H28O2/c1-15-5-4-8-17(19,11-15)12-9-16(6-2-3-7-16)14(12)13(18)10-15/h12-14,18-19H,2-11H2,1H3. The molecular formula is C17H28O2. The first kappa shape index (κ1) is 12.6. The second-order valence-corrected chi connectivity index (χ2v) is 8.62. The summed E-state index contributed by atoms with van der Waals surface area (Å²) >= 11 is 0. The van der Waals surface area contributed by atoms with Gasteiger partial charge < -0.3 is 10.2 Å². The van der Waals surface area contributed by atoms with Crippen LogP contribution in [0, 0.1) is 22.7 Å². The van der Waals surface area contributed by atoms with Crippen LogP contribution in [-0.2, 0) is 0 Å². The van der Waals surface area contributed by atoms with Crippen LogP contribution in [0.4, 0.5) is 0 Å². The lowest BCUT2D eigenvalue weighted by atomic mass is 9.47. The molecule has 2 N–H and O–H groups in total. The van der Waals surface area contributed by atoms with Crippen LogP contribution < -0.4 is 0 Å². The molecular weight excluding hydrogens is 236 g/mol. The van der Waals surface area contributed by atoms with Crippen LogP contribution >= 0.6 is 0 Å². The Morgan fingerprint density at radius 3 is 2.42 bits per heavy atom. The van der Waals surface area contributed by atoms with Crippen molar-refractivity contribution in [1.29, 1.82) is 0 Å². The molecule has 19 heavy (non-hydrogen) atoms. The SMILES string of the molecule is CC12CCCC(O)(C1)C1CC3(CCCC3)C1C(O)C2. The average Bonchev–Trinajstić information content (AvgIpc) is 2.73. The van der Waals surface area contributed by atoms with E-state index in [1.165, 1.54) is 38.5 Å². The van der Waals surface area contributed by atoms with Crippen LogP contribution in [0.3, 0.4) is 0 Å². The van der Waals surface area contributed by atoms with Gasteiger partial charge in [-0.05, 0) is 67.6 Å². The van der Waals surface area contributed by atoms with E-state index in [1.807, 2.05) is 0 Å². The van der Waals surface area contributed by atoms with E-state index in [9.17, 15) is 10.2 Å². The average molecular weight is 264 g/mol. The van der Waals surface area contributed by atoms with E-state index in [1.54, 1.807) is 0 Å². The second kappa shape index (κ2) is 3.76. The van der Waals surface area contributed by atoms with Crippen LogP contribution in [0.1, 0.15) is 71.1 Å². The van der Waals surface area contributed by atoms with Gasteiger partial charge in [0, 0.05) is 0 Å². The zero-order valence-electron chi connectivity index (χ0n) is 12.2. The molecule has 2 bridgehead atoms. The smallest absolute Gasteiger partial charge is 0.0685 e. The Morgan fingerprint density at radius 2 is 1.68 bits per heavy atom. The van der Waals surface area contributed by atoms with Crippen molar-refractivity contribution in [2.45, 2.75) is 82.8 Å². The summed E-state index contributed by atoms with van der Waals surface area (Å²) in [6.07, 6.45) is 11.5. The fourth-order valence-electron chi connectivity index (χ4n) is 6.64. The summed E-state index contributed by atoms with van der Waals surface area (Å²) in [7, 11) is 0. The molecule has 108 valence electrons. The zero-order chi connectivity index (χ0) is 13.3. The van der Waals surface area contributed by atoms with Gasteiger partial charge in [0.05, 0.1) is 11.7 Å². The van der Waals surface area contributed by atoms with Gasteiger partial charge in [0.2, 0.25) is 0 Å². The van der Waals surface area contributed by atoms with Crippen molar-refractivity contribution in [2.75, 3.05) is 0 Å². The number of hydrogen-bond donors (Lipinski definition) is 2. The van der Waals surface area contributed by atoms with E-state index >= 15 is 0 Å². The van der Waals surface area contributed by atoms with Crippen molar-refractivity contribution in [2.24, 2.45) is 22.7 Å². The third-order valence-corrected chi connectivity index (χ3v) is 7.30. The van der Waals surface area contributed by atoms with E-state index in [0.29, 0.717) is 17.3 Å². The van der Waals surface area contributed by atoms with Gasteiger partial charge in [-0.15, -0.1) is 0 Å². The normalized spacial score (nSPS) is 55.4. The van der Waals surface area contributed by atoms with Crippen molar-refractivity contribution in [3.63, 3.8) is 0 Å². The highest BCUT2D eigenvalue weighted by molar-refractivity contribution is 5.16. The highest BCUT2D eigenvalue weighted by Gasteiger charge is 2.66. The maximum Gasteiger partial charge on any atom is 0.0685 e. The molecule has 0 radical (unpaired) electrons. The molecule has 0 saturated heterocycles. The summed E-state index contributed by atoms with van der Waals surface area (Å²) in [5.41, 5.74) is 0.139. The van der Waals surface area contributed by atoms with Crippen LogP contribution in [0.2, 0.25) is 0 Å². The summed E-state index contributed by atoms with van der Waals surface area (Å²) in [5.74, 6) is 0.794. The molecule has 0 amide bonds. The Balaban J connectivity index is 1.70. The lowest BCUT2D eigenvalue weighted by molar-refractivity contribution is -0.190. The highest BCUT2D eigenvalue weighted by Crippen LogP contribution is 2.69. The molecule has 0 aromatic heterocycles. The molecule has 4 aliphatic rings. The lowest BCUT2D eigenvalue weighted by Crippen LogP contribution is -2.59. The third kappa shape index (κ3) is 1.62. The first-order chi connectivity index (χ1) is 8.97. The molecule has 1 spiro atoms. The van der Waals surface area contributed by atoms with Gasteiger partial charge in [-0.1, -0.05) is 26.2 Å². The lowest BCUT2D eigenvalue weighted by Gasteiger charge is -2.60. The zero-order valence-corrected chi connectivity index (χ0v) is 12.2. The van der Waals surface area contributed by atoms with Crippen molar-refractivity contribution < 1.29 is 10.2 Å². The maximum atomic E-state index is 11.2. The Kier molecular flexibility index (Phi) is 2.50. The van der Waals surface area contributed by atoms with Gasteiger partial charge in [0.1, 0.15) is 0 Å². The molecule has 5 unspecified atom stereocenters. The Morgan fingerprint density at radius 1 is 0.947 bits per heavy atom. The Labute approximate surface area is 116 Å². The van der Waals surface area contributed by atoms with E-state index in [-0.39, 0.29) is 11.5 Å². The highest BCUT2D eigenvalue weighted by atomic mass is 16.3. The summed E-state index contributed by atoms with van der Waals surface area (Å²) in [6, 6.07) is 0. The third-order valence-electron chi connectivity index (χ3n) is 7.30. The second-order valence-electron chi connectivity index (χ2n) is 8.62. The molecule has 0 aromatic rings. The van der Waals surface area contributed by atoms with E-state index in [0.717, 1.165) is 25.7 Å². The summed E-state index contributed by atoms with van der Waals surface area (Å²) in [5, 5.41) is 22.0. The fourth-order valence-corrected chi connectivity index (χ4v) is 6.64. The molecule has 2 nitrogen and oxygen atoms in total. The van der Waals surface area contributed by atoms with E-state index < -0.39 is 5.60 Å². The topological polar surface area (TPSA) is 40.5 Å². The van der Waals surface area contributed by atoms with Crippen LogP contribution in [0.25, 0.3) is 0 Å². The van der Waals surface area contributed by atoms with Gasteiger partial charge in [0.25, 0.3) is 0 Å². The largest absolute Gasteiger partial charge is 0.393 e. The quantitative estimate of drug-likeness (QED) is 0.705. The first-order valence-corrected chi connectivity index (χ1v) is 8.37. The minimum Gasteiger partial charge on any atom is -0.393 e. The molecule has 5 atom stereocenters. The molecule has 0 aromatic carbocycles. The predicted octanol–water partition coefficient (Wildman–Crippen LogP) is 3.26. The molecule has 4 rings (SSSR count). The van der Waals surface area contributed by atoms with Crippen molar-refractivity contribution in [1.82, 2.24) is 0 Å². The summed E-state index contributed by atoms with van der Waals surface area (Å²) in [4.78, 5) is 0. The predicted molar refractivity (Wildman–Crippen MR) is 74.6 cm³/mol. The van der Waals surface area contributed by atoms with Crippen molar-refractivity contribution in [3.8, 4) is 0 Å². The molecule has 0 heterocycles. The number of aliphatic hydroxyl groups excluding tert-OH is 1. The van der Waals surface area contributed by atoms with Gasteiger partial charge >= 0.3 is 0 Å². The first-order valence-electron chi connectivity index (χ1n) is 8.37. The number of fused-ring (bicyclic) bond motifs is 5. The monoisotopic (exact) mass is 264 g/mol. The minimum absolute atomic E-state index is 0.158. The number of rotatable bonds is 0. The van der Waals surface area contributed by atoms with Crippen LogP contribution in [0.5, 0.6) is 0 Å². The van der Waals surface area contributed by atoms with Gasteiger partial charge in [0.15, 0.2) is 0 Å². The molecule has 4 saturated carbocycles. The Bertz CT molecular complexity index is 387. The maximum absolute atomic E-state index is 11.2. The summed E-state index contributed by atoms with van der Waals surface area (Å²) in [6.45, 7) is 2.30. The van der Waals surface area contributed by atoms with Crippen molar-refractivity contribution >= 4 is 0 Å².